The summed E-state index contributed by atoms with van der Waals surface area (Å²) >= 11 is 6.15. The molecule has 2 rings (SSSR count). The summed E-state index contributed by atoms with van der Waals surface area (Å²) in [5.41, 5.74) is 0.811. The quantitative estimate of drug-likeness (QED) is 0.788. The first kappa shape index (κ1) is 11.6. The van der Waals surface area contributed by atoms with Crippen LogP contribution in [0.2, 0.25) is 5.02 Å². The summed E-state index contributed by atoms with van der Waals surface area (Å²) in [5.74, 6) is 0. The Hall–Kier alpha value is -0.860. The molecule has 0 aromatic heterocycles. The first-order chi connectivity index (χ1) is 7.67. The number of aliphatic imine (C=N–C) groups is 1. The van der Waals surface area contributed by atoms with Crippen LogP contribution >= 0.6 is 11.6 Å². The standard InChI is InChI=1S/C13H16ClNO/c1-15-12(13(16)8-4-5-9-13)10-6-2-3-7-11(10)14/h2-3,6-7,16H,4-5,8-9H2,1H3/b15-12+. The van der Waals surface area contributed by atoms with E-state index < -0.39 is 5.60 Å². The zero-order valence-corrected chi connectivity index (χ0v) is 10.2. The molecule has 1 aromatic rings. The predicted octanol–water partition coefficient (Wildman–Crippen LogP) is 3.06. The Kier molecular flexibility index (Phi) is 3.31. The minimum absolute atomic E-state index is 0.656. The van der Waals surface area contributed by atoms with Gasteiger partial charge in [0.25, 0.3) is 0 Å². The van der Waals surface area contributed by atoms with E-state index in [9.17, 15) is 5.11 Å². The summed E-state index contributed by atoms with van der Waals surface area (Å²) in [4.78, 5) is 4.26. The minimum Gasteiger partial charge on any atom is -0.384 e. The zero-order chi connectivity index (χ0) is 11.6. The lowest BCUT2D eigenvalue weighted by Gasteiger charge is -2.25. The molecule has 0 saturated heterocycles. The summed E-state index contributed by atoms with van der Waals surface area (Å²) in [5, 5.41) is 11.2. The van der Waals surface area contributed by atoms with E-state index in [0.29, 0.717) is 5.02 Å². The SMILES string of the molecule is C/N=C(\c1ccccc1Cl)C1(O)CCCC1. The van der Waals surface area contributed by atoms with E-state index in [1.54, 1.807) is 7.05 Å². The van der Waals surface area contributed by atoms with Gasteiger partial charge in [-0.25, -0.2) is 0 Å². The van der Waals surface area contributed by atoms with Crippen molar-refractivity contribution < 1.29 is 5.11 Å². The molecule has 0 unspecified atom stereocenters. The van der Waals surface area contributed by atoms with Crippen LogP contribution in [0.25, 0.3) is 0 Å². The van der Waals surface area contributed by atoms with Crippen LogP contribution in [-0.2, 0) is 0 Å². The van der Waals surface area contributed by atoms with Gasteiger partial charge in [-0.05, 0) is 18.9 Å². The molecule has 1 aliphatic rings. The van der Waals surface area contributed by atoms with E-state index in [1.807, 2.05) is 24.3 Å². The van der Waals surface area contributed by atoms with Crippen molar-refractivity contribution in [1.82, 2.24) is 0 Å². The molecule has 0 atom stereocenters. The molecular formula is C13H16ClNO. The average molecular weight is 238 g/mol. The minimum atomic E-state index is -0.778. The first-order valence-corrected chi connectivity index (χ1v) is 6.00. The summed E-state index contributed by atoms with van der Waals surface area (Å²) in [7, 11) is 1.72. The van der Waals surface area contributed by atoms with Crippen molar-refractivity contribution in [1.29, 1.82) is 0 Å². The van der Waals surface area contributed by atoms with Crippen LogP contribution in [0, 0.1) is 0 Å². The maximum Gasteiger partial charge on any atom is 0.107 e. The van der Waals surface area contributed by atoms with Crippen molar-refractivity contribution in [2.24, 2.45) is 4.99 Å². The lowest BCUT2D eigenvalue weighted by molar-refractivity contribution is 0.121. The van der Waals surface area contributed by atoms with E-state index in [-0.39, 0.29) is 0 Å². The number of hydrogen-bond donors (Lipinski definition) is 1. The van der Waals surface area contributed by atoms with Crippen molar-refractivity contribution >= 4 is 17.3 Å². The fourth-order valence-electron chi connectivity index (χ4n) is 2.43. The highest BCUT2D eigenvalue weighted by Crippen LogP contribution is 2.34. The van der Waals surface area contributed by atoms with Gasteiger partial charge < -0.3 is 5.11 Å². The third-order valence-electron chi connectivity index (χ3n) is 3.22. The Balaban J connectivity index is 2.41. The summed E-state index contributed by atoms with van der Waals surface area (Å²) < 4.78 is 0. The molecular weight excluding hydrogens is 222 g/mol. The maximum absolute atomic E-state index is 10.5. The van der Waals surface area contributed by atoms with E-state index in [0.717, 1.165) is 37.0 Å². The van der Waals surface area contributed by atoms with E-state index in [1.165, 1.54) is 0 Å². The second-order valence-electron chi connectivity index (χ2n) is 4.29. The van der Waals surface area contributed by atoms with Crippen LogP contribution in [0.15, 0.2) is 29.3 Å². The summed E-state index contributed by atoms with van der Waals surface area (Å²) in [6.45, 7) is 0. The number of hydrogen-bond acceptors (Lipinski definition) is 2. The van der Waals surface area contributed by atoms with Crippen LogP contribution in [0.1, 0.15) is 31.2 Å². The van der Waals surface area contributed by atoms with Crippen molar-refractivity contribution in [3.63, 3.8) is 0 Å². The number of aliphatic hydroxyl groups is 1. The van der Waals surface area contributed by atoms with Crippen LogP contribution < -0.4 is 0 Å². The summed E-state index contributed by atoms with van der Waals surface area (Å²) in [6.07, 6.45) is 3.68. The van der Waals surface area contributed by atoms with Gasteiger partial charge in [-0.1, -0.05) is 42.6 Å². The smallest absolute Gasteiger partial charge is 0.107 e. The number of rotatable bonds is 2. The lowest BCUT2D eigenvalue weighted by atomic mass is 9.90. The Labute approximate surface area is 101 Å². The molecule has 1 aliphatic carbocycles. The Morgan fingerprint density at radius 3 is 2.50 bits per heavy atom. The molecule has 0 bridgehead atoms. The van der Waals surface area contributed by atoms with Gasteiger partial charge in [0.05, 0.1) is 5.71 Å². The van der Waals surface area contributed by atoms with Crippen molar-refractivity contribution in [2.45, 2.75) is 31.3 Å². The molecule has 0 heterocycles. The third-order valence-corrected chi connectivity index (χ3v) is 3.55. The highest BCUT2D eigenvalue weighted by molar-refractivity contribution is 6.34. The molecule has 2 nitrogen and oxygen atoms in total. The molecule has 0 amide bonds. The number of halogens is 1. The van der Waals surface area contributed by atoms with Crippen molar-refractivity contribution in [2.75, 3.05) is 7.05 Å². The largest absolute Gasteiger partial charge is 0.384 e. The molecule has 1 fully saturated rings. The normalized spacial score (nSPS) is 20.1. The number of benzene rings is 1. The maximum atomic E-state index is 10.5. The summed E-state index contributed by atoms with van der Waals surface area (Å²) in [6, 6.07) is 7.56. The van der Waals surface area contributed by atoms with Gasteiger partial charge in [0.15, 0.2) is 0 Å². The topological polar surface area (TPSA) is 32.6 Å². The molecule has 1 aromatic carbocycles. The monoisotopic (exact) mass is 237 g/mol. The molecule has 3 heteroatoms. The van der Waals surface area contributed by atoms with Gasteiger partial charge in [0, 0.05) is 17.6 Å². The molecule has 16 heavy (non-hydrogen) atoms. The lowest BCUT2D eigenvalue weighted by Crippen LogP contribution is -2.36. The molecule has 1 saturated carbocycles. The van der Waals surface area contributed by atoms with Crippen LogP contribution in [0.3, 0.4) is 0 Å². The van der Waals surface area contributed by atoms with Gasteiger partial charge in [-0.15, -0.1) is 0 Å². The predicted molar refractivity (Wildman–Crippen MR) is 67.3 cm³/mol. The molecule has 1 N–H and O–H groups in total. The van der Waals surface area contributed by atoms with Gasteiger partial charge in [0.2, 0.25) is 0 Å². The highest BCUT2D eigenvalue weighted by atomic mass is 35.5. The van der Waals surface area contributed by atoms with E-state index in [2.05, 4.69) is 4.99 Å². The second-order valence-corrected chi connectivity index (χ2v) is 4.70. The fraction of sp³-hybridized carbons (Fsp3) is 0.462. The van der Waals surface area contributed by atoms with Crippen LogP contribution in [0.4, 0.5) is 0 Å². The molecule has 0 aliphatic heterocycles. The fourth-order valence-corrected chi connectivity index (χ4v) is 2.65. The van der Waals surface area contributed by atoms with E-state index >= 15 is 0 Å². The third kappa shape index (κ3) is 2.00. The van der Waals surface area contributed by atoms with Crippen LogP contribution in [0.5, 0.6) is 0 Å². The second kappa shape index (κ2) is 4.56. The molecule has 86 valence electrons. The average Bonchev–Trinajstić information content (AvgIpc) is 2.70. The Bertz CT molecular complexity index is 408. The van der Waals surface area contributed by atoms with Crippen LogP contribution in [-0.4, -0.2) is 23.5 Å². The van der Waals surface area contributed by atoms with Gasteiger partial charge in [-0.3, -0.25) is 4.99 Å². The zero-order valence-electron chi connectivity index (χ0n) is 9.41. The number of nitrogens with zero attached hydrogens (tertiary/aromatic N) is 1. The first-order valence-electron chi connectivity index (χ1n) is 5.62. The molecule has 0 radical (unpaired) electrons. The highest BCUT2D eigenvalue weighted by Gasteiger charge is 2.37. The van der Waals surface area contributed by atoms with Gasteiger partial charge in [-0.2, -0.15) is 0 Å². The molecule has 0 spiro atoms. The van der Waals surface area contributed by atoms with Crippen molar-refractivity contribution in [3.8, 4) is 0 Å². The van der Waals surface area contributed by atoms with Gasteiger partial charge in [0.1, 0.15) is 5.60 Å². The van der Waals surface area contributed by atoms with Crippen molar-refractivity contribution in [3.05, 3.63) is 34.9 Å². The van der Waals surface area contributed by atoms with Gasteiger partial charge >= 0.3 is 0 Å². The Morgan fingerprint density at radius 2 is 1.94 bits per heavy atom. The van der Waals surface area contributed by atoms with E-state index in [4.69, 9.17) is 11.6 Å². The Morgan fingerprint density at radius 1 is 1.31 bits per heavy atom.